The number of amides is 2. The number of hydrogen-bond donors (Lipinski definition) is 0. The van der Waals surface area contributed by atoms with Crippen LogP contribution in [0.5, 0.6) is 0 Å². The number of ether oxygens (including phenoxy) is 1. The van der Waals surface area contributed by atoms with Crippen LogP contribution in [0, 0.1) is 5.92 Å². The maximum Gasteiger partial charge on any atom is 0.245 e. The minimum Gasteiger partial charge on any atom is -0.381 e. The highest BCUT2D eigenvalue weighted by Gasteiger charge is 2.37. The first-order chi connectivity index (χ1) is 10.3. The van der Waals surface area contributed by atoms with Crippen LogP contribution in [0.4, 0.5) is 0 Å². The topological polar surface area (TPSA) is 49.9 Å². The second kappa shape index (κ2) is 6.77. The van der Waals surface area contributed by atoms with Crippen molar-refractivity contribution in [2.45, 2.75) is 51.0 Å². The molecule has 0 aromatic carbocycles. The molecule has 0 bridgehead atoms. The maximum absolute atomic E-state index is 12.6. The zero-order valence-electron chi connectivity index (χ0n) is 12.8. The van der Waals surface area contributed by atoms with Crippen molar-refractivity contribution in [3.8, 4) is 0 Å². The summed E-state index contributed by atoms with van der Waals surface area (Å²) in [6.45, 7) is 3.66. The van der Waals surface area contributed by atoms with Crippen molar-refractivity contribution in [3.05, 3.63) is 0 Å². The highest BCUT2D eigenvalue weighted by Crippen LogP contribution is 2.28. The molecule has 1 atom stereocenters. The zero-order chi connectivity index (χ0) is 14.7. The van der Waals surface area contributed by atoms with Gasteiger partial charge < -0.3 is 14.5 Å². The summed E-state index contributed by atoms with van der Waals surface area (Å²) < 4.78 is 5.63. The van der Waals surface area contributed by atoms with Gasteiger partial charge in [-0.15, -0.1) is 0 Å². The smallest absolute Gasteiger partial charge is 0.245 e. The average Bonchev–Trinajstić information content (AvgIpc) is 3.33. The predicted octanol–water partition coefficient (Wildman–Crippen LogP) is 1.42. The van der Waals surface area contributed by atoms with E-state index in [9.17, 15) is 9.59 Å². The van der Waals surface area contributed by atoms with Crippen LogP contribution in [-0.2, 0) is 14.3 Å². The molecule has 0 aromatic rings. The van der Waals surface area contributed by atoms with Crippen LogP contribution >= 0.6 is 0 Å². The number of carbonyl (C=O) groups excluding carboxylic acids is 2. The average molecular weight is 294 g/mol. The van der Waals surface area contributed by atoms with E-state index in [0.29, 0.717) is 13.0 Å². The Morgan fingerprint density at radius 3 is 2.76 bits per heavy atom. The highest BCUT2D eigenvalue weighted by atomic mass is 16.5. The minimum absolute atomic E-state index is 0.153. The minimum atomic E-state index is -0.193. The Morgan fingerprint density at radius 1 is 1.10 bits per heavy atom. The number of carbonyl (C=O) groups is 2. The maximum atomic E-state index is 12.6. The van der Waals surface area contributed by atoms with E-state index >= 15 is 0 Å². The van der Waals surface area contributed by atoms with E-state index in [1.165, 1.54) is 12.8 Å². The molecule has 3 aliphatic rings. The lowest BCUT2D eigenvalue weighted by atomic mass is 10.0. The van der Waals surface area contributed by atoms with Crippen LogP contribution in [0.25, 0.3) is 0 Å². The standard InChI is InChI=1S/C16H26N2O3/c19-15-7-10-17(8-3-11-21-12-13-5-6-13)16(20)14-4-1-2-9-18(14)15/h13-14H,1-12H2. The summed E-state index contributed by atoms with van der Waals surface area (Å²) in [5.41, 5.74) is 0. The molecule has 2 heterocycles. The summed E-state index contributed by atoms with van der Waals surface area (Å²) >= 11 is 0. The third-order valence-corrected chi connectivity index (χ3v) is 4.78. The van der Waals surface area contributed by atoms with Gasteiger partial charge in [0.1, 0.15) is 6.04 Å². The Hall–Kier alpha value is -1.10. The SMILES string of the molecule is O=C1C2CCCCN2C(=O)CCN1CCCOCC1CC1. The second-order valence-electron chi connectivity index (χ2n) is 6.55. The van der Waals surface area contributed by atoms with Crippen LogP contribution in [0.3, 0.4) is 0 Å². The first kappa shape index (κ1) is 14.8. The van der Waals surface area contributed by atoms with Crippen LogP contribution in [0.1, 0.15) is 44.9 Å². The van der Waals surface area contributed by atoms with Crippen molar-refractivity contribution in [1.82, 2.24) is 9.80 Å². The van der Waals surface area contributed by atoms with Gasteiger partial charge in [-0.25, -0.2) is 0 Å². The molecule has 0 radical (unpaired) electrons. The molecule has 3 fully saturated rings. The summed E-state index contributed by atoms with van der Waals surface area (Å²) in [6.07, 6.45) is 6.89. The summed E-state index contributed by atoms with van der Waals surface area (Å²) in [4.78, 5) is 28.4. The molecule has 1 aliphatic carbocycles. The lowest BCUT2D eigenvalue weighted by Crippen LogP contribution is -2.49. The quantitative estimate of drug-likeness (QED) is 0.696. The molecule has 1 saturated carbocycles. The number of rotatable bonds is 6. The molecule has 0 N–H and O–H groups in total. The summed E-state index contributed by atoms with van der Waals surface area (Å²) in [5, 5.41) is 0. The molecular formula is C16H26N2O3. The Labute approximate surface area is 126 Å². The van der Waals surface area contributed by atoms with E-state index in [1.54, 1.807) is 0 Å². The highest BCUT2D eigenvalue weighted by molar-refractivity contribution is 5.90. The van der Waals surface area contributed by atoms with Gasteiger partial charge in [-0.1, -0.05) is 0 Å². The number of fused-ring (bicyclic) bond motifs is 1. The van der Waals surface area contributed by atoms with Crippen LogP contribution in [0.15, 0.2) is 0 Å². The molecule has 5 nitrogen and oxygen atoms in total. The molecule has 1 unspecified atom stereocenters. The molecule has 0 spiro atoms. The fourth-order valence-electron chi connectivity index (χ4n) is 3.30. The van der Waals surface area contributed by atoms with Gasteiger partial charge in [0.25, 0.3) is 0 Å². The van der Waals surface area contributed by atoms with E-state index < -0.39 is 0 Å². The van der Waals surface area contributed by atoms with E-state index in [4.69, 9.17) is 4.74 Å². The zero-order valence-corrected chi connectivity index (χ0v) is 12.8. The van der Waals surface area contributed by atoms with E-state index in [-0.39, 0.29) is 17.9 Å². The fourth-order valence-corrected chi connectivity index (χ4v) is 3.30. The predicted molar refractivity (Wildman–Crippen MR) is 78.7 cm³/mol. The Morgan fingerprint density at radius 2 is 1.95 bits per heavy atom. The van der Waals surface area contributed by atoms with Crippen LogP contribution in [-0.4, -0.2) is 60.5 Å². The van der Waals surface area contributed by atoms with Crippen molar-refractivity contribution in [3.63, 3.8) is 0 Å². The largest absolute Gasteiger partial charge is 0.381 e. The normalized spacial score (nSPS) is 26.8. The van der Waals surface area contributed by atoms with Gasteiger partial charge in [0.05, 0.1) is 0 Å². The summed E-state index contributed by atoms with van der Waals surface area (Å²) in [7, 11) is 0. The molecule has 2 saturated heterocycles. The molecule has 5 heteroatoms. The molecule has 3 rings (SSSR count). The lowest BCUT2D eigenvalue weighted by Gasteiger charge is -2.34. The van der Waals surface area contributed by atoms with Gasteiger partial charge in [0, 0.05) is 39.3 Å². The van der Waals surface area contributed by atoms with E-state index in [0.717, 1.165) is 57.9 Å². The third-order valence-electron chi connectivity index (χ3n) is 4.78. The molecule has 2 aliphatic heterocycles. The molecule has 2 amide bonds. The van der Waals surface area contributed by atoms with Crippen LogP contribution in [0.2, 0.25) is 0 Å². The number of piperidine rings is 1. The molecule has 21 heavy (non-hydrogen) atoms. The first-order valence-electron chi connectivity index (χ1n) is 8.41. The van der Waals surface area contributed by atoms with Gasteiger partial charge in [-0.2, -0.15) is 0 Å². The first-order valence-corrected chi connectivity index (χ1v) is 8.41. The lowest BCUT2D eigenvalue weighted by molar-refractivity contribution is -0.143. The molecule has 0 aromatic heterocycles. The van der Waals surface area contributed by atoms with Crippen LogP contribution < -0.4 is 0 Å². The van der Waals surface area contributed by atoms with E-state index in [1.807, 2.05) is 9.80 Å². The van der Waals surface area contributed by atoms with Crippen molar-refractivity contribution in [2.75, 3.05) is 32.8 Å². The van der Waals surface area contributed by atoms with Crippen molar-refractivity contribution in [1.29, 1.82) is 0 Å². The molecule has 118 valence electrons. The van der Waals surface area contributed by atoms with Gasteiger partial charge in [-0.3, -0.25) is 9.59 Å². The van der Waals surface area contributed by atoms with E-state index in [2.05, 4.69) is 0 Å². The molecular weight excluding hydrogens is 268 g/mol. The monoisotopic (exact) mass is 294 g/mol. The number of nitrogens with zero attached hydrogens (tertiary/aromatic N) is 2. The summed E-state index contributed by atoms with van der Waals surface area (Å²) in [6, 6.07) is -0.193. The van der Waals surface area contributed by atoms with Crippen molar-refractivity contribution >= 4 is 11.8 Å². The summed E-state index contributed by atoms with van der Waals surface area (Å²) in [5.74, 6) is 1.10. The van der Waals surface area contributed by atoms with Crippen molar-refractivity contribution < 1.29 is 14.3 Å². The fraction of sp³-hybridized carbons (Fsp3) is 0.875. The van der Waals surface area contributed by atoms with Gasteiger partial charge in [-0.05, 0) is 44.4 Å². The third kappa shape index (κ3) is 3.76. The van der Waals surface area contributed by atoms with Crippen molar-refractivity contribution in [2.24, 2.45) is 5.92 Å². The number of hydrogen-bond acceptors (Lipinski definition) is 3. The Kier molecular flexibility index (Phi) is 4.78. The van der Waals surface area contributed by atoms with Gasteiger partial charge in [0.15, 0.2) is 0 Å². The Balaban J connectivity index is 1.47. The Bertz CT molecular complexity index is 395. The second-order valence-corrected chi connectivity index (χ2v) is 6.55. The van der Waals surface area contributed by atoms with Gasteiger partial charge in [0.2, 0.25) is 11.8 Å². The van der Waals surface area contributed by atoms with Gasteiger partial charge >= 0.3 is 0 Å².